The van der Waals surface area contributed by atoms with Gasteiger partial charge in [-0.15, -0.1) is 0 Å². The molecular formula is C27H34FN2NaO7S. The van der Waals surface area contributed by atoms with Crippen molar-refractivity contribution in [2.24, 2.45) is 0 Å². The van der Waals surface area contributed by atoms with E-state index < -0.39 is 46.5 Å². The number of pyridine rings is 1. The number of carboxylic acid groups (broad SMARTS) is 1. The van der Waals surface area contributed by atoms with Crippen LogP contribution in [0.2, 0.25) is 0 Å². The molecule has 0 radical (unpaired) electrons. The normalized spacial score (nSPS) is 17.4. The molecule has 1 aliphatic heterocycles. The van der Waals surface area contributed by atoms with Gasteiger partial charge < -0.3 is 24.9 Å². The number of aromatic nitrogens is 1. The molecule has 12 heteroatoms. The van der Waals surface area contributed by atoms with E-state index in [0.29, 0.717) is 27.9 Å². The number of aliphatic carboxylic acids is 1. The van der Waals surface area contributed by atoms with Gasteiger partial charge in [0.1, 0.15) is 11.6 Å². The Balaban J connectivity index is 0.00000533. The summed E-state index contributed by atoms with van der Waals surface area (Å²) >= 11 is 0. The van der Waals surface area contributed by atoms with Gasteiger partial charge in [0.2, 0.25) is 10.0 Å². The van der Waals surface area contributed by atoms with Gasteiger partial charge in [-0.1, -0.05) is 38.1 Å². The molecule has 0 bridgehead atoms. The first-order valence-corrected chi connectivity index (χ1v) is 14.1. The van der Waals surface area contributed by atoms with Crippen LogP contribution in [0.3, 0.4) is 0 Å². The van der Waals surface area contributed by atoms with E-state index >= 15 is 0 Å². The van der Waals surface area contributed by atoms with E-state index in [4.69, 9.17) is 9.72 Å². The molecule has 0 saturated carbocycles. The number of ether oxygens (including phenoxy) is 1. The summed E-state index contributed by atoms with van der Waals surface area (Å²) in [6.45, 7) is 7.31. The molecule has 3 atom stereocenters. The third-order valence-electron chi connectivity index (χ3n) is 6.30. The van der Waals surface area contributed by atoms with Crippen molar-refractivity contribution in [2.45, 2.75) is 71.3 Å². The largest absolute Gasteiger partial charge is 1.00 e. The summed E-state index contributed by atoms with van der Waals surface area (Å²) in [4.78, 5) is 15.6. The molecule has 2 aromatic rings. The maximum atomic E-state index is 13.9. The van der Waals surface area contributed by atoms with Crippen molar-refractivity contribution < 1.29 is 67.2 Å². The number of hydrogen-bond donors (Lipinski definition) is 2. The van der Waals surface area contributed by atoms with Gasteiger partial charge in [0.05, 0.1) is 42.9 Å². The first kappa shape index (κ1) is 33.3. The van der Waals surface area contributed by atoms with Crippen molar-refractivity contribution in [3.8, 4) is 11.1 Å². The molecule has 1 aliphatic rings. The number of halogens is 1. The van der Waals surface area contributed by atoms with Crippen molar-refractivity contribution in [2.75, 3.05) is 16.7 Å². The minimum atomic E-state index is -3.73. The molecule has 0 amide bonds. The summed E-state index contributed by atoms with van der Waals surface area (Å²) in [5.74, 6) is -1.92. The topological polar surface area (TPSA) is 140 Å². The summed E-state index contributed by atoms with van der Waals surface area (Å²) in [5.41, 5.74) is 2.82. The first-order chi connectivity index (χ1) is 17.9. The predicted molar refractivity (Wildman–Crippen MR) is 140 cm³/mol. The fraction of sp³-hybridized carbons (Fsp3) is 0.481. The van der Waals surface area contributed by atoms with Crippen LogP contribution in [0.25, 0.3) is 17.2 Å². The van der Waals surface area contributed by atoms with Crippen LogP contribution in [-0.2, 0) is 26.2 Å². The van der Waals surface area contributed by atoms with Crippen LogP contribution >= 0.6 is 0 Å². The fourth-order valence-corrected chi connectivity index (χ4v) is 5.81. The number of carbonyl (C=O) groups excluding carboxylic acids is 1. The summed E-state index contributed by atoms with van der Waals surface area (Å²) in [6, 6.07) is 5.26. The molecule has 2 N–H and O–H groups in total. The van der Waals surface area contributed by atoms with Crippen LogP contribution in [0.5, 0.6) is 0 Å². The second kappa shape index (κ2) is 14.2. The van der Waals surface area contributed by atoms with Crippen LogP contribution in [0.1, 0.15) is 63.3 Å². The van der Waals surface area contributed by atoms with Crippen LogP contribution in [0.15, 0.2) is 30.3 Å². The summed E-state index contributed by atoms with van der Waals surface area (Å²) in [5, 5.41) is 31.1. The van der Waals surface area contributed by atoms with E-state index in [1.807, 2.05) is 13.8 Å². The molecule has 3 rings (SSSR count). The molecule has 0 saturated heterocycles. The number of carbonyl (C=O) groups is 1. The van der Waals surface area contributed by atoms with Gasteiger partial charge >= 0.3 is 29.6 Å². The Morgan fingerprint density at radius 2 is 1.92 bits per heavy atom. The number of rotatable bonds is 10. The predicted octanol–water partition coefficient (Wildman–Crippen LogP) is -0.645. The van der Waals surface area contributed by atoms with Crippen molar-refractivity contribution in [1.82, 2.24) is 4.98 Å². The minimum Gasteiger partial charge on any atom is -0.550 e. The first-order valence-electron chi connectivity index (χ1n) is 12.5. The zero-order valence-corrected chi connectivity index (χ0v) is 25.7. The molecular weight excluding hydrogens is 538 g/mol. The van der Waals surface area contributed by atoms with Gasteiger partial charge in [-0.2, -0.15) is 0 Å². The van der Waals surface area contributed by atoms with E-state index in [1.165, 1.54) is 22.5 Å². The fourth-order valence-electron chi connectivity index (χ4n) is 4.51. The SMILES string of the molecule is CCS(=O)(=O)N1c2nc(C(C)C)c(/C=C/[C@@H](O)C[C@@H](O)CC(=O)[O-])c(-c3ccc(F)cc3)c2COC[C@@H]1C.[Na+]. The quantitative estimate of drug-likeness (QED) is 0.358. The number of sulfonamides is 1. The molecule has 0 unspecified atom stereocenters. The smallest absolute Gasteiger partial charge is 0.550 e. The van der Waals surface area contributed by atoms with Gasteiger partial charge in [0.25, 0.3) is 0 Å². The van der Waals surface area contributed by atoms with Crippen molar-refractivity contribution in [3.63, 3.8) is 0 Å². The van der Waals surface area contributed by atoms with E-state index in [0.717, 1.165) is 0 Å². The van der Waals surface area contributed by atoms with Gasteiger partial charge in [0.15, 0.2) is 0 Å². The number of fused-ring (bicyclic) bond motifs is 1. The van der Waals surface area contributed by atoms with E-state index in [2.05, 4.69) is 0 Å². The Morgan fingerprint density at radius 1 is 1.28 bits per heavy atom. The molecule has 0 spiro atoms. The number of benzene rings is 1. The standard InChI is InChI=1S/C27H35FN2O7S.Na/c1-5-38(35,36)30-17(4)14-37-15-23-25(18-6-8-19(28)9-7-18)22(26(16(2)3)29-27(23)30)11-10-20(31)12-21(32)13-24(33)34;/h6-11,16-17,20-21,31-32H,5,12-15H2,1-4H3,(H,33,34);/q;+1/p-1/b11-10+;/t17-,20+,21+;/m0./s1. The zero-order chi connectivity index (χ0) is 28.2. The number of anilines is 1. The molecule has 1 aromatic heterocycles. The van der Waals surface area contributed by atoms with Crippen LogP contribution in [0, 0.1) is 5.82 Å². The molecule has 39 heavy (non-hydrogen) atoms. The third kappa shape index (κ3) is 8.09. The Morgan fingerprint density at radius 3 is 2.49 bits per heavy atom. The molecule has 2 heterocycles. The number of hydrogen-bond acceptors (Lipinski definition) is 8. The Bertz CT molecular complexity index is 1290. The van der Waals surface area contributed by atoms with Gasteiger partial charge in [-0.25, -0.2) is 22.1 Å². The molecule has 9 nitrogen and oxygen atoms in total. The number of aliphatic hydroxyl groups is 2. The molecule has 0 aliphatic carbocycles. The van der Waals surface area contributed by atoms with Crippen molar-refractivity contribution in [1.29, 1.82) is 0 Å². The monoisotopic (exact) mass is 572 g/mol. The van der Waals surface area contributed by atoms with Gasteiger partial charge in [-0.05, 0) is 43.0 Å². The average Bonchev–Trinajstić information content (AvgIpc) is 3.00. The summed E-state index contributed by atoms with van der Waals surface area (Å²) < 4.78 is 47.4. The Labute approximate surface area is 251 Å². The minimum absolute atomic E-state index is 0. The Kier molecular flexibility index (Phi) is 12.1. The maximum absolute atomic E-state index is 13.9. The number of carboxylic acids is 1. The average molecular weight is 573 g/mol. The van der Waals surface area contributed by atoms with Crippen molar-refractivity contribution in [3.05, 3.63) is 53.0 Å². The van der Waals surface area contributed by atoms with Crippen LogP contribution in [-0.4, -0.2) is 60.2 Å². The summed E-state index contributed by atoms with van der Waals surface area (Å²) in [7, 11) is -3.73. The van der Waals surface area contributed by atoms with Crippen molar-refractivity contribution >= 4 is 27.9 Å². The van der Waals surface area contributed by atoms with E-state index in [-0.39, 0.29) is 66.7 Å². The van der Waals surface area contributed by atoms with E-state index in [1.54, 1.807) is 32.1 Å². The molecule has 0 fully saturated rings. The maximum Gasteiger partial charge on any atom is 1.00 e. The zero-order valence-electron chi connectivity index (χ0n) is 22.9. The van der Waals surface area contributed by atoms with Crippen LogP contribution in [0.4, 0.5) is 10.2 Å². The second-order valence-corrected chi connectivity index (χ2v) is 11.8. The van der Waals surface area contributed by atoms with Crippen LogP contribution < -0.4 is 39.0 Å². The summed E-state index contributed by atoms with van der Waals surface area (Å²) in [6.07, 6.45) is -0.284. The number of nitrogens with zero attached hydrogens (tertiary/aromatic N) is 2. The molecule has 1 aromatic carbocycles. The third-order valence-corrected chi connectivity index (χ3v) is 8.16. The Hall–Kier alpha value is -1.86. The van der Waals surface area contributed by atoms with E-state index in [9.17, 15) is 32.9 Å². The second-order valence-electron chi connectivity index (χ2n) is 9.70. The number of aliphatic hydroxyl groups excluding tert-OH is 2. The van der Waals surface area contributed by atoms with Gasteiger partial charge in [0, 0.05) is 29.9 Å². The van der Waals surface area contributed by atoms with Gasteiger partial charge in [-0.3, -0.25) is 0 Å². The molecule has 208 valence electrons.